The van der Waals surface area contributed by atoms with E-state index in [2.05, 4.69) is 12.2 Å². The van der Waals surface area contributed by atoms with E-state index >= 15 is 0 Å². The number of methoxy groups -OCH3 is 1. The molecule has 100 valence electrons. The van der Waals surface area contributed by atoms with Crippen LogP contribution in [0.15, 0.2) is 47.4 Å². The second kappa shape index (κ2) is 5.61. The van der Waals surface area contributed by atoms with E-state index in [4.69, 9.17) is 4.74 Å². The molecule has 0 saturated heterocycles. The Balaban J connectivity index is 2.13. The molecule has 0 fully saturated rings. The van der Waals surface area contributed by atoms with Crippen LogP contribution in [-0.4, -0.2) is 11.7 Å². The molecular weight excluding hydrogens is 240 g/mol. The van der Waals surface area contributed by atoms with Crippen molar-refractivity contribution in [3.63, 3.8) is 0 Å². The highest BCUT2D eigenvalue weighted by Gasteiger charge is 2.06. The van der Waals surface area contributed by atoms with E-state index in [1.54, 1.807) is 37.1 Å². The third-order valence-corrected chi connectivity index (χ3v) is 3.08. The van der Waals surface area contributed by atoms with E-state index in [-0.39, 0.29) is 11.6 Å². The van der Waals surface area contributed by atoms with Gasteiger partial charge in [0, 0.05) is 25.4 Å². The van der Waals surface area contributed by atoms with Gasteiger partial charge in [-0.1, -0.05) is 12.1 Å². The zero-order valence-corrected chi connectivity index (χ0v) is 11.4. The molecule has 0 spiro atoms. The monoisotopic (exact) mass is 258 g/mol. The number of aromatic nitrogens is 1. The summed E-state index contributed by atoms with van der Waals surface area (Å²) in [6.45, 7) is 2.08. The van der Waals surface area contributed by atoms with Crippen molar-refractivity contribution in [1.82, 2.24) is 4.57 Å². The number of rotatable bonds is 4. The normalized spacial score (nSPS) is 11.9. The number of benzene rings is 1. The lowest BCUT2D eigenvalue weighted by Gasteiger charge is -2.16. The summed E-state index contributed by atoms with van der Waals surface area (Å²) in [7, 11) is 3.40. The second-order valence-electron chi connectivity index (χ2n) is 4.51. The Morgan fingerprint density at radius 3 is 2.42 bits per heavy atom. The summed E-state index contributed by atoms with van der Waals surface area (Å²) < 4.78 is 6.70. The van der Waals surface area contributed by atoms with Gasteiger partial charge < -0.3 is 14.6 Å². The predicted molar refractivity (Wildman–Crippen MR) is 76.7 cm³/mol. The zero-order chi connectivity index (χ0) is 13.8. The lowest BCUT2D eigenvalue weighted by atomic mass is 10.1. The van der Waals surface area contributed by atoms with Gasteiger partial charge in [-0.25, -0.2) is 0 Å². The van der Waals surface area contributed by atoms with E-state index in [1.807, 2.05) is 24.3 Å². The first-order valence-corrected chi connectivity index (χ1v) is 6.17. The molecule has 19 heavy (non-hydrogen) atoms. The zero-order valence-electron chi connectivity index (χ0n) is 11.4. The van der Waals surface area contributed by atoms with Crippen LogP contribution in [0.1, 0.15) is 18.5 Å². The molecule has 1 aromatic heterocycles. The van der Waals surface area contributed by atoms with Crippen molar-refractivity contribution in [2.24, 2.45) is 7.05 Å². The average Bonchev–Trinajstić information content (AvgIpc) is 2.43. The first kappa shape index (κ1) is 13.2. The second-order valence-corrected chi connectivity index (χ2v) is 4.51. The highest BCUT2D eigenvalue weighted by molar-refractivity contribution is 5.43. The van der Waals surface area contributed by atoms with Gasteiger partial charge in [-0.3, -0.25) is 4.79 Å². The SMILES string of the molecule is COc1ccc(C(C)Nc2ccc(=O)n(C)c2)cc1. The van der Waals surface area contributed by atoms with Crippen molar-refractivity contribution < 1.29 is 4.74 Å². The van der Waals surface area contributed by atoms with Gasteiger partial charge in [0.2, 0.25) is 5.56 Å². The van der Waals surface area contributed by atoms with Gasteiger partial charge in [-0.05, 0) is 30.7 Å². The summed E-state index contributed by atoms with van der Waals surface area (Å²) in [5.41, 5.74) is 2.07. The van der Waals surface area contributed by atoms with Crippen molar-refractivity contribution in [3.8, 4) is 5.75 Å². The summed E-state index contributed by atoms with van der Waals surface area (Å²) in [5, 5.41) is 3.36. The Bertz CT molecular complexity index is 602. The Kier molecular flexibility index (Phi) is 3.90. The molecule has 1 aromatic carbocycles. The minimum absolute atomic E-state index is 0.0114. The number of nitrogens with zero attached hydrogens (tertiary/aromatic N) is 1. The summed E-state index contributed by atoms with van der Waals surface area (Å²) >= 11 is 0. The van der Waals surface area contributed by atoms with Gasteiger partial charge in [-0.15, -0.1) is 0 Å². The molecule has 2 rings (SSSR count). The molecule has 0 aliphatic heterocycles. The van der Waals surface area contributed by atoms with Crippen LogP contribution >= 0.6 is 0 Å². The Hall–Kier alpha value is -2.23. The summed E-state index contributed by atoms with van der Waals surface area (Å²) in [6.07, 6.45) is 1.79. The number of hydrogen-bond acceptors (Lipinski definition) is 3. The Morgan fingerprint density at radius 1 is 1.16 bits per heavy atom. The van der Waals surface area contributed by atoms with Crippen LogP contribution in [0.5, 0.6) is 5.75 Å². The van der Waals surface area contributed by atoms with Crippen molar-refractivity contribution in [1.29, 1.82) is 0 Å². The lowest BCUT2D eigenvalue weighted by Crippen LogP contribution is -2.16. The number of nitrogens with one attached hydrogen (secondary N) is 1. The molecule has 0 saturated carbocycles. The fourth-order valence-corrected chi connectivity index (χ4v) is 1.91. The fourth-order valence-electron chi connectivity index (χ4n) is 1.91. The van der Waals surface area contributed by atoms with Crippen molar-refractivity contribution in [3.05, 3.63) is 58.5 Å². The molecule has 0 aliphatic carbocycles. The van der Waals surface area contributed by atoms with Crippen LogP contribution in [0, 0.1) is 0 Å². The first-order chi connectivity index (χ1) is 9.10. The van der Waals surface area contributed by atoms with Crippen LogP contribution in [0.25, 0.3) is 0 Å². The molecule has 0 aliphatic rings. The summed E-state index contributed by atoms with van der Waals surface area (Å²) in [5.74, 6) is 0.845. The number of aryl methyl sites for hydroxylation is 1. The van der Waals surface area contributed by atoms with E-state index < -0.39 is 0 Å². The molecule has 0 radical (unpaired) electrons. The maximum atomic E-state index is 11.3. The summed E-state index contributed by atoms with van der Waals surface area (Å²) in [6, 6.07) is 11.4. The number of anilines is 1. The highest BCUT2D eigenvalue weighted by Crippen LogP contribution is 2.20. The Labute approximate surface area is 112 Å². The quantitative estimate of drug-likeness (QED) is 0.916. The van der Waals surface area contributed by atoms with Crippen molar-refractivity contribution in [2.45, 2.75) is 13.0 Å². The third kappa shape index (κ3) is 3.16. The third-order valence-electron chi connectivity index (χ3n) is 3.08. The molecule has 1 atom stereocenters. The first-order valence-electron chi connectivity index (χ1n) is 6.17. The molecule has 0 bridgehead atoms. The maximum Gasteiger partial charge on any atom is 0.250 e. The van der Waals surface area contributed by atoms with Gasteiger partial charge in [0.15, 0.2) is 0 Å². The molecule has 1 unspecified atom stereocenters. The topological polar surface area (TPSA) is 43.3 Å². The number of pyridine rings is 1. The number of ether oxygens (including phenoxy) is 1. The summed E-state index contributed by atoms with van der Waals surface area (Å²) in [4.78, 5) is 11.3. The number of hydrogen-bond donors (Lipinski definition) is 1. The van der Waals surface area contributed by atoms with E-state index in [1.165, 1.54) is 0 Å². The lowest BCUT2D eigenvalue weighted by molar-refractivity contribution is 0.414. The molecule has 4 heteroatoms. The molecule has 0 amide bonds. The van der Waals surface area contributed by atoms with Crippen LogP contribution in [0.2, 0.25) is 0 Å². The Morgan fingerprint density at radius 2 is 1.84 bits per heavy atom. The van der Waals surface area contributed by atoms with Gasteiger partial charge in [0.25, 0.3) is 0 Å². The van der Waals surface area contributed by atoms with Crippen LogP contribution in [-0.2, 0) is 7.05 Å². The van der Waals surface area contributed by atoms with Crippen LogP contribution < -0.4 is 15.6 Å². The van der Waals surface area contributed by atoms with Gasteiger partial charge in [0.05, 0.1) is 12.8 Å². The molecule has 2 aromatic rings. The minimum atomic E-state index is -0.0114. The van der Waals surface area contributed by atoms with Gasteiger partial charge >= 0.3 is 0 Å². The van der Waals surface area contributed by atoms with Crippen molar-refractivity contribution in [2.75, 3.05) is 12.4 Å². The van der Waals surface area contributed by atoms with Crippen LogP contribution in [0.3, 0.4) is 0 Å². The highest BCUT2D eigenvalue weighted by atomic mass is 16.5. The maximum absolute atomic E-state index is 11.3. The standard InChI is InChI=1S/C15H18N2O2/c1-11(12-4-7-14(19-3)8-5-12)16-13-6-9-15(18)17(2)10-13/h4-11,16H,1-3H3. The predicted octanol–water partition coefficient (Wildman–Crippen LogP) is 2.57. The van der Waals surface area contributed by atoms with Gasteiger partial charge in [-0.2, -0.15) is 0 Å². The van der Waals surface area contributed by atoms with E-state index in [0.717, 1.165) is 17.0 Å². The minimum Gasteiger partial charge on any atom is -0.497 e. The fraction of sp³-hybridized carbons (Fsp3) is 0.267. The molecule has 1 heterocycles. The largest absolute Gasteiger partial charge is 0.497 e. The van der Waals surface area contributed by atoms with E-state index in [0.29, 0.717) is 0 Å². The molecule has 4 nitrogen and oxygen atoms in total. The molecule has 1 N–H and O–H groups in total. The average molecular weight is 258 g/mol. The van der Waals surface area contributed by atoms with Gasteiger partial charge in [0.1, 0.15) is 5.75 Å². The van der Waals surface area contributed by atoms with Crippen LogP contribution in [0.4, 0.5) is 5.69 Å². The van der Waals surface area contributed by atoms with E-state index in [9.17, 15) is 4.79 Å². The smallest absolute Gasteiger partial charge is 0.250 e. The van der Waals surface area contributed by atoms with Crippen molar-refractivity contribution >= 4 is 5.69 Å². The molecular formula is C15H18N2O2.